The van der Waals surface area contributed by atoms with Gasteiger partial charge in [-0.25, -0.2) is 4.98 Å². The molecule has 46 heavy (non-hydrogen) atoms. The zero-order valence-corrected chi connectivity index (χ0v) is 30.1. The Morgan fingerprint density at radius 1 is 1.24 bits per heavy atom. The van der Waals surface area contributed by atoms with Crippen LogP contribution in [0, 0.1) is 5.92 Å². The van der Waals surface area contributed by atoms with Crippen molar-refractivity contribution in [3.63, 3.8) is 0 Å². The number of ether oxygens (including phenoxy) is 2. The molecular formula is C36H52F2N3O3PS. The second-order valence-corrected chi connectivity index (χ2v) is 15.2. The molecule has 0 saturated carbocycles. The van der Waals surface area contributed by atoms with Crippen molar-refractivity contribution in [3.8, 4) is 11.4 Å². The number of hydrogen-bond donors (Lipinski definition) is 1. The number of nitrogens with one attached hydrogen (secondary N) is 1. The van der Waals surface area contributed by atoms with Gasteiger partial charge in [-0.05, 0) is 59.5 Å². The number of rotatable bonds is 13. The average molecular weight is 676 g/mol. The topological polar surface area (TPSA) is 65.4 Å². The minimum Gasteiger partial charge on any atom is -0.458 e. The Morgan fingerprint density at radius 3 is 2.61 bits per heavy atom. The van der Waals surface area contributed by atoms with Crippen LogP contribution in [0.5, 0.6) is 0 Å². The summed E-state index contributed by atoms with van der Waals surface area (Å²) in [5.41, 5.74) is -0.838. The molecule has 1 aliphatic heterocycles. The van der Waals surface area contributed by atoms with Crippen LogP contribution in [0.4, 0.5) is 8.78 Å². The molecule has 2 heterocycles. The summed E-state index contributed by atoms with van der Waals surface area (Å²) in [5.74, 6) is 6.54. The van der Waals surface area contributed by atoms with Gasteiger partial charge >= 0.3 is 5.66 Å². The van der Waals surface area contributed by atoms with Gasteiger partial charge in [0, 0.05) is 42.8 Å². The van der Waals surface area contributed by atoms with Gasteiger partial charge in [-0.2, -0.15) is 8.78 Å². The number of alkyl halides is 2. The summed E-state index contributed by atoms with van der Waals surface area (Å²) in [4.78, 5) is 5.43. The number of allylic oxidation sites excluding steroid dienone is 6. The lowest BCUT2D eigenvalue weighted by molar-refractivity contribution is 0.0725. The molecule has 1 aromatic carbocycles. The first-order valence-electron chi connectivity index (χ1n) is 16.3. The predicted octanol–water partition coefficient (Wildman–Crippen LogP) is 8.92. The van der Waals surface area contributed by atoms with E-state index in [0.29, 0.717) is 30.5 Å². The molecule has 1 N–H and O–H groups in total. The highest BCUT2D eigenvalue weighted by Gasteiger charge is 2.34. The lowest BCUT2D eigenvalue weighted by Crippen LogP contribution is -2.22. The van der Waals surface area contributed by atoms with Gasteiger partial charge in [0.1, 0.15) is 17.3 Å². The van der Waals surface area contributed by atoms with E-state index in [2.05, 4.69) is 55.2 Å². The second kappa shape index (κ2) is 18.0. The molecule has 10 heteroatoms. The Balaban J connectivity index is 0.000000370. The lowest BCUT2D eigenvalue weighted by Gasteiger charge is -2.16. The molecule has 0 fully saturated rings. The molecule has 2 aliphatic rings. The van der Waals surface area contributed by atoms with E-state index in [-0.39, 0.29) is 19.0 Å². The number of benzene rings is 1. The van der Waals surface area contributed by atoms with Crippen LogP contribution in [-0.4, -0.2) is 39.2 Å². The van der Waals surface area contributed by atoms with Crippen molar-refractivity contribution < 1.29 is 22.5 Å². The van der Waals surface area contributed by atoms with Gasteiger partial charge < -0.3 is 19.4 Å². The summed E-state index contributed by atoms with van der Waals surface area (Å²) >= 11 is 0. The Morgan fingerprint density at radius 2 is 1.98 bits per heavy atom. The van der Waals surface area contributed by atoms with Gasteiger partial charge in [0.05, 0.1) is 5.69 Å². The van der Waals surface area contributed by atoms with Crippen molar-refractivity contribution in [1.82, 2.24) is 14.9 Å². The molecule has 4 rings (SSSR count). The molecule has 2 aromatic rings. The monoisotopic (exact) mass is 675 g/mol. The van der Waals surface area contributed by atoms with Crippen LogP contribution in [0.2, 0.25) is 0 Å². The van der Waals surface area contributed by atoms with E-state index in [1.807, 2.05) is 47.9 Å². The van der Waals surface area contributed by atoms with Crippen molar-refractivity contribution in [3.05, 3.63) is 88.0 Å². The minimum absolute atomic E-state index is 0.194. The number of nitrogens with zero attached hydrogens (tertiary/aromatic N) is 2. The molecule has 0 radical (unpaired) electrons. The van der Waals surface area contributed by atoms with Gasteiger partial charge in [0.25, 0.3) is 0 Å². The van der Waals surface area contributed by atoms with E-state index >= 15 is 0 Å². The van der Waals surface area contributed by atoms with Crippen molar-refractivity contribution in [1.29, 1.82) is 0 Å². The zero-order valence-electron chi connectivity index (χ0n) is 28.1. The Hall–Kier alpha value is -2.74. The van der Waals surface area contributed by atoms with Gasteiger partial charge in [0.15, 0.2) is 5.76 Å². The number of halogens is 2. The molecule has 0 amide bonds. The molecule has 1 aliphatic carbocycles. The van der Waals surface area contributed by atoms with E-state index in [1.54, 1.807) is 15.5 Å². The highest BCUT2D eigenvalue weighted by atomic mass is 32.2. The average Bonchev–Trinajstić information content (AvgIpc) is 3.61. The molecule has 0 spiro atoms. The highest BCUT2D eigenvalue weighted by molar-refractivity contribution is 8.03. The summed E-state index contributed by atoms with van der Waals surface area (Å²) in [5, 5.41) is 3.36. The first kappa shape index (κ1) is 37.7. The van der Waals surface area contributed by atoms with Gasteiger partial charge in [-0.3, -0.25) is 4.21 Å². The maximum absolute atomic E-state index is 14.6. The lowest BCUT2D eigenvalue weighted by atomic mass is 10.0. The Bertz CT molecular complexity index is 1510. The molecule has 0 bridgehead atoms. The van der Waals surface area contributed by atoms with Gasteiger partial charge in [0.2, 0.25) is 6.79 Å². The molecule has 3 atom stereocenters. The molecule has 6 nitrogen and oxygen atoms in total. The van der Waals surface area contributed by atoms with Crippen molar-refractivity contribution in [2.75, 3.05) is 19.6 Å². The quantitative estimate of drug-likeness (QED) is 0.131. The fourth-order valence-electron chi connectivity index (χ4n) is 5.27. The van der Waals surface area contributed by atoms with Gasteiger partial charge in [-0.1, -0.05) is 97.5 Å². The summed E-state index contributed by atoms with van der Waals surface area (Å²) < 4.78 is 53.8. The first-order valence-corrected chi connectivity index (χ1v) is 19.0. The summed E-state index contributed by atoms with van der Waals surface area (Å²) in [7, 11) is -0.328. The maximum atomic E-state index is 14.6. The Labute approximate surface area is 277 Å². The third-order valence-electron chi connectivity index (χ3n) is 7.97. The van der Waals surface area contributed by atoms with E-state index in [0.717, 1.165) is 72.5 Å². The van der Waals surface area contributed by atoms with Crippen molar-refractivity contribution in [2.45, 2.75) is 91.4 Å². The minimum atomic E-state index is -3.11. The number of hydrogen-bond acceptors (Lipinski definition) is 5. The van der Waals surface area contributed by atoms with Crippen LogP contribution in [-0.2, 0) is 37.7 Å². The fraction of sp³-hybridized carbons (Fsp3) is 0.500. The van der Waals surface area contributed by atoms with E-state index in [1.165, 1.54) is 0 Å². The van der Waals surface area contributed by atoms with Crippen LogP contribution in [0.3, 0.4) is 0 Å². The Kier molecular flexibility index (Phi) is 14.7. The fourth-order valence-corrected chi connectivity index (χ4v) is 6.42. The third-order valence-corrected chi connectivity index (χ3v) is 9.68. The summed E-state index contributed by atoms with van der Waals surface area (Å²) in [6.45, 7) is 10.1. The molecule has 0 saturated heterocycles. The van der Waals surface area contributed by atoms with E-state index in [4.69, 9.17) is 9.47 Å². The van der Waals surface area contributed by atoms with Crippen LogP contribution >= 0.6 is 9.24 Å². The number of imidazole rings is 1. The SMILES string of the molecule is C=S(C)(=O)/C1=C/CCC(C)/C=C\C1.CCCCn1c(-c2ccccc2)nc(C(F)(F)P)c1CNC/C(=C/C1=C(CC)OCO1)CC. The van der Waals surface area contributed by atoms with Crippen molar-refractivity contribution in [2.24, 2.45) is 5.92 Å². The van der Waals surface area contributed by atoms with Gasteiger partial charge in [-0.15, -0.1) is 0 Å². The standard InChI is InChI=1S/C25H34F2N3O2P.C11H18OS/c1-4-7-13-30-20(16-28-15-18(5-2)14-22-21(6-3)31-17-32-22)23(25(26,27)33)29-24(30)19-11-9-8-10-12-19;1-10-6-4-8-11(9-5-7-10)13(2,3)12/h8-12,14,28H,4-7,13,15-17,33H2,1-3H3;4,6,9-10H,2,5,7-8H2,1,3H3/b18-14+;6-4-,11-9+. The van der Waals surface area contributed by atoms with Crippen LogP contribution in [0.25, 0.3) is 11.4 Å². The van der Waals surface area contributed by atoms with E-state index < -0.39 is 15.2 Å². The number of unbranched alkanes of at least 4 members (excludes halogenated alkanes) is 1. The second-order valence-electron chi connectivity index (χ2n) is 11.9. The number of aromatic nitrogens is 2. The molecular weight excluding hydrogens is 623 g/mol. The van der Waals surface area contributed by atoms with E-state index in [9.17, 15) is 13.0 Å². The largest absolute Gasteiger partial charge is 0.458 e. The highest BCUT2D eigenvalue weighted by Crippen LogP contribution is 2.38. The maximum Gasteiger partial charge on any atom is 0.302 e. The predicted molar refractivity (Wildman–Crippen MR) is 192 cm³/mol. The zero-order chi connectivity index (χ0) is 33.7. The van der Waals surface area contributed by atoms with Crippen LogP contribution < -0.4 is 5.32 Å². The smallest absolute Gasteiger partial charge is 0.302 e. The summed E-state index contributed by atoms with van der Waals surface area (Å²) in [6, 6.07) is 9.53. The van der Waals surface area contributed by atoms with Crippen LogP contribution in [0.1, 0.15) is 84.0 Å². The molecule has 254 valence electrons. The normalized spacial score (nSPS) is 20.3. The van der Waals surface area contributed by atoms with Crippen molar-refractivity contribution >= 4 is 24.6 Å². The first-order chi connectivity index (χ1) is 21.9. The third kappa shape index (κ3) is 11.2. The molecule has 1 aromatic heterocycles. The van der Waals surface area contributed by atoms with Crippen LogP contribution in [0.15, 0.2) is 76.6 Å². The molecule has 3 unspecified atom stereocenters. The summed E-state index contributed by atoms with van der Waals surface area (Å²) in [6.07, 6.45) is 16.6.